The molecule has 6 nitrogen and oxygen atoms in total. The van der Waals surface area contributed by atoms with Gasteiger partial charge in [0.2, 0.25) is 0 Å². The fraction of sp³-hybridized carbons (Fsp3) is 0.769. The maximum absolute atomic E-state index is 14.8. The predicted molar refractivity (Wildman–Crippen MR) is 208 cm³/mol. The van der Waals surface area contributed by atoms with Crippen molar-refractivity contribution in [2.45, 2.75) is 177 Å². The summed E-state index contributed by atoms with van der Waals surface area (Å²) in [6.07, 6.45) is 6.51. The predicted octanol–water partition coefficient (Wildman–Crippen LogP) is 11.3. The molecule has 0 fully saturated rings. The third-order valence-corrected chi connectivity index (χ3v) is 21.1. The largest absolute Gasteiger partial charge is 0.457 e. The summed E-state index contributed by atoms with van der Waals surface area (Å²) in [4.78, 5) is 33.4. The number of rotatable bonds is 6. The molecule has 274 valence electrons. The Hall–Kier alpha value is -1.40. The molecule has 2 rings (SSSR count). The molecule has 0 saturated heterocycles. The quantitative estimate of drug-likeness (QED) is 0.165. The molecule has 1 aliphatic rings. The summed E-state index contributed by atoms with van der Waals surface area (Å²) in [7, 11) is -4.58. The number of esters is 1. The normalized spacial score (nSPS) is 27.7. The number of nitrogens with zero attached hydrogens (tertiary/aromatic N) is 1. The Morgan fingerprint density at radius 3 is 2.06 bits per heavy atom. The Morgan fingerprint density at radius 2 is 1.54 bits per heavy atom. The van der Waals surface area contributed by atoms with Crippen LogP contribution in [0.25, 0.3) is 6.08 Å². The van der Waals surface area contributed by atoms with E-state index in [0.29, 0.717) is 6.42 Å². The summed E-state index contributed by atoms with van der Waals surface area (Å²) < 4.78 is 20.5. The van der Waals surface area contributed by atoms with Gasteiger partial charge in [0.05, 0.1) is 29.3 Å². The van der Waals surface area contributed by atoms with Gasteiger partial charge in [0.25, 0.3) is 0 Å². The minimum atomic E-state index is -2.39. The van der Waals surface area contributed by atoms with E-state index in [1.165, 1.54) is 5.57 Å². The van der Waals surface area contributed by atoms with E-state index >= 15 is 0 Å². The van der Waals surface area contributed by atoms with E-state index in [4.69, 9.17) is 13.6 Å². The molecular formula is C39H69NO5SSi2. The number of hydrogen-bond donors (Lipinski definition) is 0. The number of carbonyl (C=O) groups is 2. The van der Waals surface area contributed by atoms with Gasteiger partial charge in [0.1, 0.15) is 11.9 Å². The summed E-state index contributed by atoms with van der Waals surface area (Å²) in [6, 6.07) is 0. The van der Waals surface area contributed by atoms with Gasteiger partial charge >= 0.3 is 5.97 Å². The highest BCUT2D eigenvalue weighted by molar-refractivity contribution is 7.09. The summed E-state index contributed by atoms with van der Waals surface area (Å²) >= 11 is 1.61. The van der Waals surface area contributed by atoms with Crippen LogP contribution in [0.2, 0.25) is 36.3 Å². The molecule has 1 aromatic heterocycles. The number of hydrogen-bond acceptors (Lipinski definition) is 7. The minimum absolute atomic E-state index is 0.00360. The number of cyclic esters (lactones) is 1. The van der Waals surface area contributed by atoms with Crippen LogP contribution in [0, 0.1) is 24.2 Å². The lowest BCUT2D eigenvalue weighted by atomic mass is 9.73. The number of Topliss-reactive ketones (excluding diaryl/α,β-unsaturated/α-hetero) is 1. The number of thiazole rings is 1. The molecule has 1 aromatic rings. The van der Waals surface area contributed by atoms with Crippen molar-refractivity contribution in [1.29, 1.82) is 0 Å². The Bertz CT molecular complexity index is 1310. The molecule has 0 aliphatic carbocycles. The summed E-state index contributed by atoms with van der Waals surface area (Å²) in [5.74, 6) is -0.430. The SMILES string of the molecule is C/C1=C/CCC[C@H](C)[C@H](O[Si](C)(C)C(C)(C)C)[C@H](C)C(=O)C(C)(C)[C@@H](O[Si](C)(C)C(C)(C)C)CC(=O)O[C@@H](/C(C)=C/c2csc(C)n2)C1. The van der Waals surface area contributed by atoms with Crippen LogP contribution in [0.15, 0.2) is 22.6 Å². The summed E-state index contributed by atoms with van der Waals surface area (Å²) in [6.45, 7) is 36.6. The summed E-state index contributed by atoms with van der Waals surface area (Å²) in [5.41, 5.74) is 2.08. The van der Waals surface area contributed by atoms with Crippen molar-refractivity contribution in [3.05, 3.63) is 33.3 Å². The molecule has 0 unspecified atom stereocenters. The lowest BCUT2D eigenvalue weighted by molar-refractivity contribution is -0.153. The Kier molecular flexibility index (Phi) is 14.5. The van der Waals surface area contributed by atoms with Crippen molar-refractivity contribution >= 4 is 45.8 Å². The van der Waals surface area contributed by atoms with Crippen LogP contribution in [-0.4, -0.2) is 51.7 Å². The second kappa shape index (κ2) is 16.3. The van der Waals surface area contributed by atoms with E-state index in [-0.39, 0.29) is 46.2 Å². The van der Waals surface area contributed by atoms with Gasteiger partial charge in [0, 0.05) is 23.1 Å². The molecule has 0 radical (unpaired) electrons. The number of allylic oxidation sites excluding steroid dienone is 1. The van der Waals surface area contributed by atoms with Crippen molar-refractivity contribution in [2.24, 2.45) is 17.3 Å². The molecule has 0 saturated carbocycles. The lowest BCUT2D eigenvalue weighted by Gasteiger charge is -2.46. The number of ketones is 1. The molecule has 0 spiro atoms. The van der Waals surface area contributed by atoms with Crippen molar-refractivity contribution in [3.63, 3.8) is 0 Å². The zero-order valence-corrected chi connectivity index (χ0v) is 36.4. The topological polar surface area (TPSA) is 74.7 Å². The number of carbonyl (C=O) groups excluding carboxylic acids is 2. The van der Waals surface area contributed by atoms with Crippen LogP contribution >= 0.6 is 11.3 Å². The van der Waals surface area contributed by atoms with Crippen LogP contribution in [0.4, 0.5) is 0 Å². The molecule has 1 aliphatic heterocycles. The van der Waals surface area contributed by atoms with Crippen LogP contribution in [0.5, 0.6) is 0 Å². The number of aromatic nitrogens is 1. The molecule has 0 aromatic carbocycles. The lowest BCUT2D eigenvalue weighted by Crippen LogP contribution is -2.54. The maximum Gasteiger partial charge on any atom is 0.309 e. The van der Waals surface area contributed by atoms with Crippen LogP contribution in [0.1, 0.15) is 126 Å². The first kappa shape index (κ1) is 42.8. The van der Waals surface area contributed by atoms with Gasteiger partial charge in [0.15, 0.2) is 16.6 Å². The average Bonchev–Trinajstić information content (AvgIpc) is 3.34. The number of aryl methyl sites for hydroxylation is 1. The summed E-state index contributed by atoms with van der Waals surface area (Å²) in [5, 5.41) is 2.94. The van der Waals surface area contributed by atoms with Gasteiger partial charge in [-0.15, -0.1) is 11.3 Å². The number of ether oxygens (including phenoxy) is 1. The second-order valence-corrected chi connectivity index (χ2v) is 28.7. The second-order valence-electron chi connectivity index (χ2n) is 18.1. The van der Waals surface area contributed by atoms with Crippen molar-refractivity contribution in [3.8, 4) is 0 Å². The van der Waals surface area contributed by atoms with Gasteiger partial charge in [-0.2, -0.15) is 0 Å². The Balaban J connectivity index is 2.66. The first-order valence-electron chi connectivity index (χ1n) is 18.0. The highest BCUT2D eigenvalue weighted by atomic mass is 32.1. The molecular weight excluding hydrogens is 651 g/mol. The van der Waals surface area contributed by atoms with Gasteiger partial charge in [-0.1, -0.05) is 80.9 Å². The first-order valence-corrected chi connectivity index (χ1v) is 24.7. The fourth-order valence-electron chi connectivity index (χ4n) is 5.85. The Labute approximate surface area is 300 Å². The monoisotopic (exact) mass is 719 g/mol. The van der Waals surface area contributed by atoms with Crippen molar-refractivity contribution < 1.29 is 23.2 Å². The maximum atomic E-state index is 14.8. The molecule has 9 heteroatoms. The van der Waals surface area contributed by atoms with Crippen LogP contribution in [0.3, 0.4) is 0 Å². The first-order chi connectivity index (χ1) is 21.7. The molecule has 48 heavy (non-hydrogen) atoms. The fourth-order valence-corrected chi connectivity index (χ4v) is 9.34. The van der Waals surface area contributed by atoms with Crippen LogP contribution in [-0.2, 0) is 23.2 Å². The minimum Gasteiger partial charge on any atom is -0.457 e. The molecule has 2 heterocycles. The highest BCUT2D eigenvalue weighted by Crippen LogP contribution is 2.44. The smallest absolute Gasteiger partial charge is 0.309 e. The molecule has 5 atom stereocenters. The van der Waals surface area contributed by atoms with E-state index in [9.17, 15) is 9.59 Å². The molecule has 0 N–H and O–H groups in total. The van der Waals surface area contributed by atoms with E-state index < -0.39 is 34.3 Å². The highest BCUT2D eigenvalue weighted by Gasteiger charge is 2.50. The zero-order valence-electron chi connectivity index (χ0n) is 33.6. The average molecular weight is 720 g/mol. The van der Waals surface area contributed by atoms with Crippen molar-refractivity contribution in [1.82, 2.24) is 4.98 Å². The van der Waals surface area contributed by atoms with Gasteiger partial charge in [-0.3, -0.25) is 9.59 Å². The van der Waals surface area contributed by atoms with E-state index in [1.54, 1.807) is 11.3 Å². The van der Waals surface area contributed by atoms with E-state index in [1.807, 2.05) is 46.1 Å². The zero-order chi connectivity index (χ0) is 37.0. The third kappa shape index (κ3) is 11.3. The standard InChI is InChI=1S/C39H69NO5SSi2/c1-26-20-18-19-21-27(2)35(45-48(16,17)38(9,10)11)29(4)36(42)39(12,13)33(44-47(14,15)37(6,7)8)24-34(41)43-32(22-26)28(3)23-31-25-46-30(5)40-31/h20,23,25,27,29,32-33,35H,18-19,21-22,24H2,1-17H3/b26-20-,28-23+/t27-,29-,32+,33-,35-/m0/s1. The molecule has 0 amide bonds. The third-order valence-electron chi connectivity index (χ3n) is 11.4. The Morgan fingerprint density at radius 1 is 0.979 bits per heavy atom. The van der Waals surface area contributed by atoms with E-state index in [2.05, 4.69) is 92.6 Å². The van der Waals surface area contributed by atoms with Gasteiger partial charge < -0.3 is 13.6 Å². The van der Waals surface area contributed by atoms with Gasteiger partial charge in [-0.25, -0.2) is 4.98 Å². The van der Waals surface area contributed by atoms with Crippen LogP contribution < -0.4 is 0 Å². The van der Waals surface area contributed by atoms with Gasteiger partial charge in [-0.05, 0) is 93.9 Å². The van der Waals surface area contributed by atoms with E-state index in [0.717, 1.165) is 35.5 Å². The molecule has 0 bridgehead atoms. The van der Waals surface area contributed by atoms with Crippen molar-refractivity contribution in [2.75, 3.05) is 0 Å².